The summed E-state index contributed by atoms with van der Waals surface area (Å²) in [5, 5.41) is 3.48. The van der Waals surface area contributed by atoms with E-state index in [2.05, 4.69) is 5.32 Å². The Morgan fingerprint density at radius 2 is 2.16 bits per heavy atom. The molecule has 106 valence electrons. The summed E-state index contributed by atoms with van der Waals surface area (Å²) in [5.41, 5.74) is 2.73. The van der Waals surface area contributed by atoms with Gasteiger partial charge < -0.3 is 10.1 Å². The zero-order valence-electron chi connectivity index (χ0n) is 12.0. The average Bonchev–Trinajstić information content (AvgIpc) is 2.34. The molecule has 0 aromatic heterocycles. The number of rotatable bonds is 7. The van der Waals surface area contributed by atoms with E-state index in [1.54, 1.807) is 19.2 Å². The van der Waals surface area contributed by atoms with Crippen LogP contribution in [0.2, 0.25) is 0 Å². The van der Waals surface area contributed by atoms with Gasteiger partial charge in [-0.2, -0.15) is 0 Å². The van der Waals surface area contributed by atoms with Gasteiger partial charge >= 0.3 is 0 Å². The van der Waals surface area contributed by atoms with Crippen LogP contribution in [0.4, 0.5) is 4.39 Å². The van der Waals surface area contributed by atoms with E-state index in [1.807, 2.05) is 13.0 Å². The predicted octanol–water partition coefficient (Wildman–Crippen LogP) is 3.08. The Hall–Kier alpha value is -0.930. The molecule has 1 saturated carbocycles. The fraction of sp³-hybridized carbons (Fsp3) is 0.625. The third-order valence-corrected chi connectivity index (χ3v) is 4.27. The average molecular weight is 265 g/mol. The summed E-state index contributed by atoms with van der Waals surface area (Å²) >= 11 is 0. The van der Waals surface area contributed by atoms with Crippen LogP contribution in [0.5, 0.6) is 0 Å². The Labute approximate surface area is 115 Å². The molecule has 1 aliphatic rings. The molecule has 1 aromatic rings. The first-order valence-corrected chi connectivity index (χ1v) is 7.10. The Kier molecular flexibility index (Phi) is 4.94. The minimum Gasteiger partial charge on any atom is -0.383 e. The molecule has 0 atom stereocenters. The van der Waals surface area contributed by atoms with Gasteiger partial charge in [0.1, 0.15) is 5.82 Å². The first-order valence-electron chi connectivity index (χ1n) is 7.10. The Morgan fingerprint density at radius 3 is 2.74 bits per heavy atom. The van der Waals surface area contributed by atoms with Crippen molar-refractivity contribution in [3.05, 3.63) is 35.1 Å². The zero-order valence-corrected chi connectivity index (χ0v) is 12.0. The highest BCUT2D eigenvalue weighted by Gasteiger charge is 2.36. The van der Waals surface area contributed by atoms with Crippen molar-refractivity contribution in [3.63, 3.8) is 0 Å². The number of nitrogens with one attached hydrogen (secondary N) is 1. The molecule has 1 aliphatic carbocycles. The van der Waals surface area contributed by atoms with E-state index in [4.69, 9.17) is 4.74 Å². The maximum absolute atomic E-state index is 13.1. The van der Waals surface area contributed by atoms with Gasteiger partial charge in [0.2, 0.25) is 0 Å². The molecule has 1 N–H and O–H groups in total. The predicted molar refractivity (Wildman–Crippen MR) is 75.9 cm³/mol. The van der Waals surface area contributed by atoms with Crippen LogP contribution in [-0.2, 0) is 11.2 Å². The lowest BCUT2D eigenvalue weighted by molar-refractivity contribution is 0.123. The largest absolute Gasteiger partial charge is 0.383 e. The smallest absolute Gasteiger partial charge is 0.123 e. The van der Waals surface area contributed by atoms with Crippen LogP contribution in [0.3, 0.4) is 0 Å². The van der Waals surface area contributed by atoms with Crippen LogP contribution < -0.4 is 5.32 Å². The zero-order chi connectivity index (χ0) is 13.7. The van der Waals surface area contributed by atoms with Crippen LogP contribution in [0.1, 0.15) is 30.4 Å². The number of halogens is 1. The molecule has 19 heavy (non-hydrogen) atoms. The van der Waals surface area contributed by atoms with Crippen LogP contribution in [0.15, 0.2) is 18.2 Å². The molecule has 0 bridgehead atoms. The van der Waals surface area contributed by atoms with Crippen molar-refractivity contribution in [2.24, 2.45) is 5.41 Å². The molecule has 0 radical (unpaired) electrons. The van der Waals surface area contributed by atoms with Crippen molar-refractivity contribution in [2.75, 3.05) is 26.8 Å². The minimum absolute atomic E-state index is 0.137. The van der Waals surface area contributed by atoms with Crippen molar-refractivity contribution in [1.82, 2.24) is 5.32 Å². The molecule has 0 heterocycles. The number of aryl methyl sites for hydroxylation is 1. The SMILES string of the molecule is COCCNCC1(Cc2ccc(F)cc2C)CCC1. The van der Waals surface area contributed by atoms with Crippen molar-refractivity contribution >= 4 is 0 Å². The highest BCUT2D eigenvalue weighted by molar-refractivity contribution is 5.28. The van der Waals surface area contributed by atoms with E-state index in [-0.39, 0.29) is 5.82 Å². The second-order valence-corrected chi connectivity index (χ2v) is 5.77. The number of ether oxygens (including phenoxy) is 1. The summed E-state index contributed by atoms with van der Waals surface area (Å²) < 4.78 is 18.2. The molecule has 2 rings (SSSR count). The van der Waals surface area contributed by atoms with Crippen molar-refractivity contribution < 1.29 is 9.13 Å². The molecule has 0 aliphatic heterocycles. The molecule has 2 nitrogen and oxygen atoms in total. The van der Waals surface area contributed by atoms with E-state index in [9.17, 15) is 4.39 Å². The molecule has 0 saturated heterocycles. The summed E-state index contributed by atoms with van der Waals surface area (Å²) in [6.45, 7) is 4.70. The second-order valence-electron chi connectivity index (χ2n) is 5.77. The molecule has 1 fully saturated rings. The molecular formula is C16H24FNO. The lowest BCUT2D eigenvalue weighted by Crippen LogP contribution is -2.42. The quantitative estimate of drug-likeness (QED) is 0.765. The fourth-order valence-corrected chi connectivity index (χ4v) is 2.88. The Balaban J connectivity index is 1.94. The van der Waals surface area contributed by atoms with E-state index in [0.29, 0.717) is 5.41 Å². The summed E-state index contributed by atoms with van der Waals surface area (Å²) in [7, 11) is 1.72. The fourth-order valence-electron chi connectivity index (χ4n) is 2.88. The van der Waals surface area contributed by atoms with Gasteiger partial charge in [0.15, 0.2) is 0 Å². The summed E-state index contributed by atoms with van der Waals surface area (Å²) in [6.07, 6.45) is 4.90. The first-order chi connectivity index (χ1) is 9.15. The Bertz CT molecular complexity index is 415. The number of benzene rings is 1. The van der Waals surface area contributed by atoms with Gasteiger partial charge in [0.05, 0.1) is 6.61 Å². The van der Waals surface area contributed by atoms with Gasteiger partial charge in [-0.25, -0.2) is 4.39 Å². The standard InChI is InChI=1S/C16H24FNO/c1-13-10-15(17)5-4-14(13)11-16(6-3-7-16)12-18-8-9-19-2/h4-5,10,18H,3,6-9,11-12H2,1-2H3. The van der Waals surface area contributed by atoms with Gasteiger partial charge in [-0.3, -0.25) is 0 Å². The second kappa shape index (κ2) is 6.49. The number of methoxy groups -OCH3 is 1. The van der Waals surface area contributed by atoms with Gasteiger partial charge in [-0.05, 0) is 54.9 Å². The van der Waals surface area contributed by atoms with E-state index in [0.717, 1.165) is 31.7 Å². The normalized spacial score (nSPS) is 17.2. The van der Waals surface area contributed by atoms with Crippen LogP contribution in [0, 0.1) is 18.2 Å². The van der Waals surface area contributed by atoms with Crippen LogP contribution in [0.25, 0.3) is 0 Å². The van der Waals surface area contributed by atoms with E-state index < -0.39 is 0 Å². The first kappa shape index (κ1) is 14.5. The summed E-state index contributed by atoms with van der Waals surface area (Å²) in [6, 6.07) is 5.16. The van der Waals surface area contributed by atoms with Gasteiger partial charge in [0.25, 0.3) is 0 Å². The third-order valence-electron chi connectivity index (χ3n) is 4.27. The number of hydrogen-bond donors (Lipinski definition) is 1. The molecule has 0 spiro atoms. The van der Waals surface area contributed by atoms with Crippen molar-refractivity contribution in [2.45, 2.75) is 32.6 Å². The van der Waals surface area contributed by atoms with Crippen molar-refractivity contribution in [1.29, 1.82) is 0 Å². The van der Waals surface area contributed by atoms with Crippen LogP contribution in [-0.4, -0.2) is 26.8 Å². The lowest BCUT2D eigenvalue weighted by atomic mass is 9.65. The third kappa shape index (κ3) is 3.77. The van der Waals surface area contributed by atoms with Crippen LogP contribution >= 0.6 is 0 Å². The van der Waals surface area contributed by atoms with Gasteiger partial charge in [-0.15, -0.1) is 0 Å². The number of hydrogen-bond acceptors (Lipinski definition) is 2. The Morgan fingerprint density at radius 1 is 1.37 bits per heavy atom. The minimum atomic E-state index is -0.137. The van der Waals surface area contributed by atoms with Gasteiger partial charge in [-0.1, -0.05) is 12.5 Å². The lowest BCUT2D eigenvalue weighted by Gasteiger charge is -2.43. The summed E-state index contributed by atoms with van der Waals surface area (Å²) in [5.74, 6) is -0.137. The van der Waals surface area contributed by atoms with E-state index in [1.165, 1.54) is 24.8 Å². The van der Waals surface area contributed by atoms with E-state index >= 15 is 0 Å². The highest BCUT2D eigenvalue weighted by atomic mass is 19.1. The van der Waals surface area contributed by atoms with Gasteiger partial charge in [0, 0.05) is 20.2 Å². The highest BCUT2D eigenvalue weighted by Crippen LogP contribution is 2.43. The molecule has 0 unspecified atom stereocenters. The molecule has 1 aromatic carbocycles. The maximum Gasteiger partial charge on any atom is 0.123 e. The maximum atomic E-state index is 13.1. The topological polar surface area (TPSA) is 21.3 Å². The molecule has 3 heteroatoms. The monoisotopic (exact) mass is 265 g/mol. The molecular weight excluding hydrogens is 241 g/mol. The van der Waals surface area contributed by atoms with Crippen molar-refractivity contribution in [3.8, 4) is 0 Å². The summed E-state index contributed by atoms with van der Waals surface area (Å²) in [4.78, 5) is 0. The molecule has 0 amide bonds.